The molecule has 9 heterocycles. The molecule has 27 nitrogen and oxygen atoms in total. The second-order valence-electron chi connectivity index (χ2n) is 31.8. The molecule has 0 bridgehead atoms. The Balaban J connectivity index is 0.669. The number of rotatable bonds is 37. The van der Waals surface area contributed by atoms with Crippen molar-refractivity contribution in [3.63, 3.8) is 0 Å². The molecule has 31 heteroatoms. The Labute approximate surface area is 754 Å². The molecule has 656 valence electrons. The van der Waals surface area contributed by atoms with Crippen LogP contribution in [0, 0.1) is 13.8 Å². The van der Waals surface area contributed by atoms with Gasteiger partial charge in [-0.05, 0) is 189 Å². The maximum absolute atomic E-state index is 13.8. The molecule has 2 atom stereocenters. The Morgan fingerprint density at radius 1 is 0.567 bits per heavy atom. The molecule has 1 aliphatic carbocycles. The molecular weight excluding hydrogens is 1690 g/mol. The van der Waals surface area contributed by atoms with Gasteiger partial charge in [-0.1, -0.05) is 90.8 Å². The van der Waals surface area contributed by atoms with Gasteiger partial charge in [-0.15, -0.1) is 0 Å². The summed E-state index contributed by atoms with van der Waals surface area (Å²) in [4.78, 5) is 65.6. The number of allylic oxidation sites excluding steroid dienone is 2. The zero-order valence-electron chi connectivity index (χ0n) is 71.9. The van der Waals surface area contributed by atoms with Gasteiger partial charge in [0.2, 0.25) is 24.0 Å². The Hall–Kier alpha value is -12.2. The Morgan fingerprint density at radius 3 is 1.66 bits per heavy atom. The third kappa shape index (κ3) is 20.1. The molecule has 7 aromatic heterocycles. The standard InChI is InChI=1S/C96H98Cl2N14O13S2/c1-10-60(59(4)121-54-65-32-34-99-91(103-65)71-18-11-13-20-74(71)117-8)48-79(95(113)114)124-93-86-82(127-106-93)53-102-90(84(86)70-29-31-77(88(98)58(70)3)120-47-45-112-42-38-109(6)39-43-112)62-24-26-68(27-25-62)122-56-67-51-73(110(7)105-67)63-22-23-64(78(49-63)123-55-66-33-35-100-92(104-66)72-19-12-14-21-75(72)118-9)50-80(96(115)116)125-94-85-81(126-107-94)52-101-89(61-16-15-17-61)83(85)69-28-30-76(87(97)57(69)2)119-46-44-111-40-36-108(5)37-41-111/h10-14,18-35,49,51-53,61,79-80H,1,15-17,36-48,50,54-56H2,2-9H3,(H,113,114)(H,115,116)/b60-59-. The first-order chi connectivity index (χ1) is 61.7. The summed E-state index contributed by atoms with van der Waals surface area (Å²) in [7, 11) is 9.30. The number of benzene rings is 6. The van der Waals surface area contributed by atoms with Crippen LogP contribution in [0.15, 0.2) is 182 Å². The minimum absolute atomic E-state index is 0.0230. The number of hydrogen-bond donors (Lipinski definition) is 2. The molecule has 2 saturated heterocycles. The van der Waals surface area contributed by atoms with Gasteiger partial charge in [0.25, 0.3) is 0 Å². The van der Waals surface area contributed by atoms with Crippen molar-refractivity contribution >= 4 is 78.4 Å². The summed E-state index contributed by atoms with van der Waals surface area (Å²) in [6, 6.07) is 41.3. The summed E-state index contributed by atoms with van der Waals surface area (Å²) < 4.78 is 69.7. The average molecular weight is 1790 g/mol. The van der Waals surface area contributed by atoms with Crippen LogP contribution in [-0.4, -0.2) is 209 Å². The number of carbonyl (C=O) groups is 2. The van der Waals surface area contributed by atoms with Crippen molar-refractivity contribution in [2.24, 2.45) is 7.05 Å². The highest BCUT2D eigenvalue weighted by molar-refractivity contribution is 7.14. The molecule has 0 spiro atoms. The predicted octanol–water partition coefficient (Wildman–Crippen LogP) is 17.6. The lowest BCUT2D eigenvalue weighted by atomic mass is 9.79. The number of fused-ring (bicyclic) bond motifs is 2. The molecule has 3 fully saturated rings. The normalized spacial score (nSPS) is 14.9. The molecule has 2 N–H and O–H groups in total. The maximum atomic E-state index is 13.8. The van der Waals surface area contributed by atoms with Crippen molar-refractivity contribution in [2.75, 3.05) is 107 Å². The highest BCUT2D eigenvalue weighted by Gasteiger charge is 2.34. The van der Waals surface area contributed by atoms with E-state index in [0.717, 1.165) is 129 Å². The number of para-hydroxylation sites is 2. The number of piperazine rings is 2. The van der Waals surface area contributed by atoms with Gasteiger partial charge in [-0.3, -0.25) is 24.4 Å². The third-order valence-corrected chi connectivity index (χ3v) is 26.0. The molecule has 16 rings (SSSR count). The van der Waals surface area contributed by atoms with E-state index in [0.29, 0.717) is 164 Å². The monoisotopic (exact) mass is 1790 g/mol. The van der Waals surface area contributed by atoms with Gasteiger partial charge in [-0.25, -0.2) is 29.5 Å². The van der Waals surface area contributed by atoms with Gasteiger partial charge >= 0.3 is 11.9 Å². The summed E-state index contributed by atoms with van der Waals surface area (Å²) in [5.74, 6) is 2.55. The van der Waals surface area contributed by atoms with Gasteiger partial charge in [0.05, 0.1) is 89.8 Å². The van der Waals surface area contributed by atoms with E-state index in [1.807, 2.05) is 148 Å². The molecule has 2 unspecified atom stereocenters. The van der Waals surface area contributed by atoms with Gasteiger partial charge in [0.1, 0.15) is 73.2 Å². The zero-order chi connectivity index (χ0) is 88.4. The molecule has 13 aromatic rings. The van der Waals surface area contributed by atoms with E-state index >= 15 is 0 Å². The van der Waals surface area contributed by atoms with E-state index in [-0.39, 0.29) is 50.3 Å². The Morgan fingerprint density at radius 2 is 1.10 bits per heavy atom. The smallest absolute Gasteiger partial charge is 0.345 e. The summed E-state index contributed by atoms with van der Waals surface area (Å²) in [6.45, 7) is 20.0. The van der Waals surface area contributed by atoms with E-state index in [2.05, 4.69) is 50.2 Å². The lowest BCUT2D eigenvalue weighted by Crippen LogP contribution is -2.45. The van der Waals surface area contributed by atoms with Crippen LogP contribution < -0.4 is 37.9 Å². The first-order valence-corrected chi connectivity index (χ1v) is 44.4. The number of carboxylic acid groups (broad SMARTS) is 2. The largest absolute Gasteiger partial charge is 0.496 e. The van der Waals surface area contributed by atoms with Crippen molar-refractivity contribution in [3.05, 3.63) is 232 Å². The number of pyridine rings is 2. The fraction of sp³-hybridized carbons (Fsp3) is 0.323. The number of aromatic nitrogens is 10. The van der Waals surface area contributed by atoms with E-state index in [4.69, 9.17) is 99.6 Å². The van der Waals surface area contributed by atoms with Gasteiger partial charge in [0, 0.05) is 138 Å². The van der Waals surface area contributed by atoms with Gasteiger partial charge < -0.3 is 62.6 Å². The van der Waals surface area contributed by atoms with Gasteiger partial charge in [-0.2, -0.15) is 13.8 Å². The first kappa shape index (κ1) is 88.3. The average Bonchev–Trinajstić information content (AvgIpc) is 1.68. The molecule has 0 amide bonds. The van der Waals surface area contributed by atoms with Crippen LogP contribution in [0.5, 0.6) is 46.3 Å². The summed E-state index contributed by atoms with van der Waals surface area (Å²) in [5, 5.41) is 29.3. The fourth-order valence-corrected chi connectivity index (χ4v) is 17.8. The van der Waals surface area contributed by atoms with E-state index < -0.39 is 24.1 Å². The Kier molecular flexibility index (Phi) is 27.9. The number of carboxylic acids is 2. The van der Waals surface area contributed by atoms with E-state index in [1.165, 1.54) is 11.5 Å². The number of methoxy groups -OCH3 is 2. The van der Waals surface area contributed by atoms with Gasteiger partial charge in [0.15, 0.2) is 11.6 Å². The van der Waals surface area contributed by atoms with E-state index in [1.54, 1.807) is 62.6 Å². The molecule has 0 radical (unpaired) electrons. The Bertz CT molecular complexity index is 6210. The topological polar surface area (TPSA) is 292 Å². The zero-order valence-corrected chi connectivity index (χ0v) is 75.0. The number of aliphatic carboxylic acids is 2. The third-order valence-electron chi connectivity index (χ3n) is 23.6. The lowest BCUT2D eigenvalue weighted by molar-refractivity contribution is -0.145. The number of nitrogens with zero attached hydrogens (tertiary/aromatic N) is 14. The number of ether oxygens (including phenoxy) is 9. The minimum Gasteiger partial charge on any atom is -0.496 e. The van der Waals surface area contributed by atoms with Crippen LogP contribution in [0.1, 0.15) is 78.0 Å². The van der Waals surface area contributed by atoms with Crippen molar-refractivity contribution in [3.8, 4) is 114 Å². The number of likely N-dealkylation sites (N-methyl/N-ethyl adjacent to an activating group) is 2. The molecule has 127 heavy (non-hydrogen) atoms. The maximum Gasteiger partial charge on any atom is 0.345 e. The second-order valence-corrected chi connectivity index (χ2v) is 34.1. The van der Waals surface area contributed by atoms with Crippen molar-refractivity contribution in [2.45, 2.75) is 90.8 Å². The summed E-state index contributed by atoms with van der Waals surface area (Å²) in [6.07, 6.45) is 8.20. The predicted molar refractivity (Wildman–Crippen MR) is 492 cm³/mol. The van der Waals surface area contributed by atoms with E-state index in [9.17, 15) is 19.8 Å². The fourth-order valence-electron chi connectivity index (χ4n) is 16.0. The first-order valence-electron chi connectivity index (χ1n) is 42.1. The summed E-state index contributed by atoms with van der Waals surface area (Å²) >= 11 is 16.9. The molecule has 1 saturated carbocycles. The van der Waals surface area contributed by atoms with Crippen molar-refractivity contribution in [1.82, 2.24) is 68.0 Å². The van der Waals surface area contributed by atoms with Crippen LogP contribution in [0.3, 0.4) is 0 Å². The van der Waals surface area contributed by atoms with Crippen molar-refractivity contribution in [1.29, 1.82) is 0 Å². The molecule has 6 aromatic carbocycles. The highest BCUT2D eigenvalue weighted by Crippen LogP contribution is 2.51. The number of aryl methyl sites for hydroxylation is 1. The van der Waals surface area contributed by atoms with Crippen LogP contribution in [0.4, 0.5) is 0 Å². The van der Waals surface area contributed by atoms with Crippen molar-refractivity contribution < 1.29 is 62.4 Å². The second kappa shape index (κ2) is 40.2. The van der Waals surface area contributed by atoms with Crippen LogP contribution in [0.2, 0.25) is 10.0 Å². The quantitative estimate of drug-likeness (QED) is 0.0270. The summed E-state index contributed by atoms with van der Waals surface area (Å²) in [5.41, 5.74) is 12.2. The molecule has 3 aliphatic rings. The highest BCUT2D eigenvalue weighted by atomic mass is 35.5. The minimum atomic E-state index is -1.45. The molecular formula is C96H98Cl2N14O13S2. The SMILES string of the molecule is C=C/C(CC(Oc1nsc2cnc(-c3ccc(OCc4cc(-c5ccc(CC(Oc6nsc7cnc(C8CCC8)c(-c8ccc(OCCN9CCN(C)CC9)c(Cl)c8C)c67)C(=O)O)c(OCc6ccnc(-c7ccccc7OC)n6)c5)n(C)n4)cc3)c(-c3ccc(OCCN4CCN(C)CC4)c(Cl)c3C)c12)C(=O)O)=C(\C)OCc1ccnc(-c2ccccc2OC)n1. The van der Waals surface area contributed by atoms with Crippen LogP contribution in [-0.2, 0) is 47.6 Å². The number of hydrogen-bond acceptors (Lipinski definition) is 26. The molecule has 2 aliphatic heterocycles. The lowest BCUT2D eigenvalue weighted by Gasteiger charge is -2.32. The van der Waals surface area contributed by atoms with Crippen LogP contribution in [0.25, 0.3) is 87.7 Å². The number of halogens is 2. The van der Waals surface area contributed by atoms with Crippen LogP contribution >= 0.6 is 46.3 Å².